The number of halogens is 1. The van der Waals surface area contributed by atoms with Crippen LogP contribution in [-0.2, 0) is 0 Å². The van der Waals surface area contributed by atoms with E-state index >= 15 is 0 Å². The van der Waals surface area contributed by atoms with Gasteiger partial charge in [0.15, 0.2) is 0 Å². The molecule has 0 radical (unpaired) electrons. The fraction of sp³-hybridized carbons (Fsp3) is 0.0714. The molecular weight excluding hydrogens is 340 g/mol. The molecule has 6 heteroatoms. The number of carboxylic acid groups (broad SMARTS) is 1. The summed E-state index contributed by atoms with van der Waals surface area (Å²) in [4.78, 5) is 20.2. The van der Waals surface area contributed by atoms with E-state index in [9.17, 15) is 4.79 Å². The smallest absolute Gasteiger partial charge is 0.347 e. The van der Waals surface area contributed by atoms with Gasteiger partial charge in [-0.15, -0.1) is 11.3 Å². The molecule has 3 rings (SSSR count). The van der Waals surface area contributed by atoms with Crippen molar-refractivity contribution in [3.05, 3.63) is 45.4 Å². The number of carboxylic acids is 1. The number of para-hydroxylation sites is 1. The number of aryl methyl sites for hydroxylation is 1. The topological polar surface area (TPSA) is 63.1 Å². The van der Waals surface area contributed by atoms with Crippen molar-refractivity contribution < 1.29 is 9.90 Å². The number of carbonyl (C=O) groups is 1. The SMILES string of the molecule is Cc1nc(-c2nc3ccccc3cc2Br)sc1C(=O)O. The van der Waals surface area contributed by atoms with Crippen molar-refractivity contribution in [2.45, 2.75) is 6.92 Å². The summed E-state index contributed by atoms with van der Waals surface area (Å²) in [6, 6.07) is 9.74. The Bertz CT molecular complexity index is 829. The average molecular weight is 349 g/mol. The number of hydrogen-bond acceptors (Lipinski definition) is 4. The van der Waals surface area contributed by atoms with Gasteiger partial charge in [0.25, 0.3) is 0 Å². The van der Waals surface area contributed by atoms with E-state index in [0.717, 1.165) is 26.7 Å². The maximum Gasteiger partial charge on any atom is 0.347 e. The number of hydrogen-bond donors (Lipinski definition) is 1. The summed E-state index contributed by atoms with van der Waals surface area (Å²) in [5.41, 5.74) is 2.04. The molecule has 1 N–H and O–H groups in total. The van der Waals surface area contributed by atoms with Gasteiger partial charge in [-0.2, -0.15) is 0 Å². The maximum absolute atomic E-state index is 11.1. The predicted octanol–water partition coefficient (Wildman–Crippen LogP) is 4.13. The van der Waals surface area contributed by atoms with Crippen molar-refractivity contribution in [2.75, 3.05) is 0 Å². The molecule has 2 aromatic heterocycles. The van der Waals surface area contributed by atoms with Crippen LogP contribution in [0.1, 0.15) is 15.4 Å². The molecule has 0 aliphatic rings. The molecule has 0 aliphatic heterocycles. The van der Waals surface area contributed by atoms with E-state index in [1.807, 2.05) is 30.3 Å². The lowest BCUT2D eigenvalue weighted by Gasteiger charge is -2.03. The summed E-state index contributed by atoms with van der Waals surface area (Å²) < 4.78 is 0.807. The van der Waals surface area contributed by atoms with Gasteiger partial charge in [-0.25, -0.2) is 14.8 Å². The number of pyridine rings is 1. The number of fused-ring (bicyclic) bond motifs is 1. The monoisotopic (exact) mass is 348 g/mol. The molecule has 0 bridgehead atoms. The molecule has 0 saturated heterocycles. The van der Waals surface area contributed by atoms with Gasteiger partial charge in [0.05, 0.1) is 11.2 Å². The zero-order valence-corrected chi connectivity index (χ0v) is 12.8. The van der Waals surface area contributed by atoms with Gasteiger partial charge in [-0.1, -0.05) is 18.2 Å². The number of rotatable bonds is 2. The van der Waals surface area contributed by atoms with Crippen molar-refractivity contribution in [1.29, 1.82) is 0 Å². The molecule has 4 nitrogen and oxygen atoms in total. The van der Waals surface area contributed by atoms with Gasteiger partial charge in [-0.3, -0.25) is 0 Å². The Hall–Kier alpha value is -1.79. The molecule has 3 aromatic rings. The first-order chi connectivity index (χ1) is 9.56. The third-order valence-corrected chi connectivity index (χ3v) is 4.63. The lowest BCUT2D eigenvalue weighted by molar-refractivity contribution is 0.0701. The highest BCUT2D eigenvalue weighted by Crippen LogP contribution is 2.33. The fourth-order valence-electron chi connectivity index (χ4n) is 1.94. The van der Waals surface area contributed by atoms with E-state index in [0.29, 0.717) is 16.4 Å². The second kappa shape index (κ2) is 4.96. The lowest BCUT2D eigenvalue weighted by atomic mass is 10.2. The lowest BCUT2D eigenvalue weighted by Crippen LogP contribution is -1.94. The van der Waals surface area contributed by atoms with E-state index in [1.54, 1.807) is 6.92 Å². The van der Waals surface area contributed by atoms with Crippen LogP contribution in [0.4, 0.5) is 0 Å². The number of aromatic carboxylic acids is 1. The molecule has 0 amide bonds. The standard InChI is InChI=1S/C14H9BrN2O2S/c1-7-12(14(18)19)20-13(16-7)11-9(15)6-8-4-2-3-5-10(8)17-11/h2-6H,1H3,(H,18,19). The summed E-state index contributed by atoms with van der Waals surface area (Å²) >= 11 is 4.62. The van der Waals surface area contributed by atoms with Crippen LogP contribution < -0.4 is 0 Å². The van der Waals surface area contributed by atoms with Gasteiger partial charge in [0.2, 0.25) is 0 Å². The summed E-state index contributed by atoms with van der Waals surface area (Å²) in [6.07, 6.45) is 0. The summed E-state index contributed by atoms with van der Waals surface area (Å²) in [6.45, 7) is 1.69. The van der Waals surface area contributed by atoms with Crippen LogP contribution in [0.2, 0.25) is 0 Å². The van der Waals surface area contributed by atoms with Crippen molar-refractivity contribution in [1.82, 2.24) is 9.97 Å². The largest absolute Gasteiger partial charge is 0.477 e. The minimum Gasteiger partial charge on any atom is -0.477 e. The zero-order valence-electron chi connectivity index (χ0n) is 10.4. The van der Waals surface area contributed by atoms with Crippen LogP contribution in [0.3, 0.4) is 0 Å². The van der Waals surface area contributed by atoms with Gasteiger partial charge >= 0.3 is 5.97 Å². The van der Waals surface area contributed by atoms with E-state index in [2.05, 4.69) is 25.9 Å². The Balaban J connectivity index is 2.21. The van der Waals surface area contributed by atoms with Crippen LogP contribution in [0.15, 0.2) is 34.8 Å². The molecule has 2 heterocycles. The first-order valence-corrected chi connectivity index (χ1v) is 7.43. The first kappa shape index (κ1) is 13.2. The Morgan fingerprint density at radius 3 is 2.75 bits per heavy atom. The second-order valence-corrected chi connectivity index (χ2v) is 6.10. The number of benzene rings is 1. The average Bonchev–Trinajstić information content (AvgIpc) is 2.80. The molecule has 0 saturated carbocycles. The van der Waals surface area contributed by atoms with Crippen molar-refractivity contribution >= 4 is 44.1 Å². The van der Waals surface area contributed by atoms with Crippen molar-refractivity contribution in [2.24, 2.45) is 0 Å². The number of nitrogens with zero attached hydrogens (tertiary/aromatic N) is 2. The first-order valence-electron chi connectivity index (χ1n) is 5.82. The highest BCUT2D eigenvalue weighted by atomic mass is 79.9. The summed E-state index contributed by atoms with van der Waals surface area (Å²) in [7, 11) is 0. The normalized spacial score (nSPS) is 10.9. The van der Waals surface area contributed by atoms with E-state index in [-0.39, 0.29) is 4.88 Å². The zero-order chi connectivity index (χ0) is 14.3. The third kappa shape index (κ3) is 2.21. The molecule has 1 aromatic carbocycles. The van der Waals surface area contributed by atoms with Crippen LogP contribution >= 0.6 is 27.3 Å². The number of aromatic nitrogens is 2. The van der Waals surface area contributed by atoms with Crippen molar-refractivity contribution in [3.63, 3.8) is 0 Å². The third-order valence-electron chi connectivity index (χ3n) is 2.87. The van der Waals surface area contributed by atoms with E-state index in [1.165, 1.54) is 0 Å². The molecule has 0 unspecified atom stereocenters. The Labute approximate surface area is 127 Å². The van der Waals surface area contributed by atoms with Gasteiger partial charge < -0.3 is 5.11 Å². The Kier molecular flexibility index (Phi) is 3.27. The van der Waals surface area contributed by atoms with E-state index < -0.39 is 5.97 Å². The molecular formula is C14H9BrN2O2S. The molecule has 0 atom stereocenters. The van der Waals surface area contributed by atoms with Crippen LogP contribution in [0.25, 0.3) is 21.6 Å². The highest BCUT2D eigenvalue weighted by molar-refractivity contribution is 9.10. The molecule has 100 valence electrons. The van der Waals surface area contributed by atoms with Gasteiger partial charge in [-0.05, 0) is 35.0 Å². The van der Waals surface area contributed by atoms with Gasteiger partial charge in [0.1, 0.15) is 15.6 Å². The quantitative estimate of drug-likeness (QED) is 0.756. The Morgan fingerprint density at radius 2 is 2.05 bits per heavy atom. The molecule has 20 heavy (non-hydrogen) atoms. The van der Waals surface area contributed by atoms with Gasteiger partial charge in [0, 0.05) is 9.86 Å². The fourth-order valence-corrected chi connectivity index (χ4v) is 3.50. The van der Waals surface area contributed by atoms with Crippen LogP contribution in [-0.4, -0.2) is 21.0 Å². The second-order valence-electron chi connectivity index (χ2n) is 4.25. The molecule has 0 fully saturated rings. The van der Waals surface area contributed by atoms with Crippen LogP contribution in [0.5, 0.6) is 0 Å². The molecule has 0 aliphatic carbocycles. The Morgan fingerprint density at radius 1 is 1.30 bits per heavy atom. The maximum atomic E-state index is 11.1. The predicted molar refractivity (Wildman–Crippen MR) is 82.2 cm³/mol. The molecule has 0 spiro atoms. The highest BCUT2D eigenvalue weighted by Gasteiger charge is 2.17. The van der Waals surface area contributed by atoms with E-state index in [4.69, 9.17) is 5.11 Å². The minimum atomic E-state index is -0.955. The summed E-state index contributed by atoms with van der Waals surface area (Å²) in [5, 5.41) is 10.7. The van der Waals surface area contributed by atoms with Crippen LogP contribution in [0, 0.1) is 6.92 Å². The summed E-state index contributed by atoms with van der Waals surface area (Å²) in [5.74, 6) is -0.955. The minimum absolute atomic E-state index is 0.252. The van der Waals surface area contributed by atoms with Crippen molar-refractivity contribution in [3.8, 4) is 10.7 Å². The number of thiazole rings is 1.